The second kappa shape index (κ2) is 13.4. The molecule has 0 radical (unpaired) electrons. The summed E-state index contributed by atoms with van der Waals surface area (Å²) in [6.45, 7) is 7.62. The number of esters is 1. The van der Waals surface area contributed by atoms with Gasteiger partial charge in [0, 0.05) is 0 Å². The first-order valence-electron chi connectivity index (χ1n) is 14.7. The SMILES string of the molecule is C=C(CO)C(=O)Oc1ccc(-c2ccc(C3CCC(C4CCC(CCCCC)CC4)CC3)cc2C)cc1. The molecule has 0 aliphatic heterocycles. The number of benzene rings is 2. The van der Waals surface area contributed by atoms with Gasteiger partial charge in [0.2, 0.25) is 0 Å². The number of unbranched alkanes of at least 4 members (excludes halogenated alkanes) is 2. The van der Waals surface area contributed by atoms with Gasteiger partial charge in [0.05, 0.1) is 12.2 Å². The van der Waals surface area contributed by atoms with Crippen molar-refractivity contribution in [3.05, 3.63) is 65.7 Å². The van der Waals surface area contributed by atoms with Crippen molar-refractivity contribution in [1.82, 2.24) is 0 Å². The van der Waals surface area contributed by atoms with Crippen LogP contribution in [0.15, 0.2) is 54.6 Å². The van der Waals surface area contributed by atoms with E-state index < -0.39 is 12.6 Å². The van der Waals surface area contributed by atoms with Crippen LogP contribution in [-0.2, 0) is 4.79 Å². The van der Waals surface area contributed by atoms with E-state index in [2.05, 4.69) is 38.6 Å². The molecule has 2 aliphatic carbocycles. The Labute approximate surface area is 224 Å². The average Bonchev–Trinajstić information content (AvgIpc) is 2.93. The third-order valence-electron chi connectivity index (χ3n) is 9.12. The van der Waals surface area contributed by atoms with Crippen LogP contribution in [0.2, 0.25) is 0 Å². The number of aliphatic hydroxyl groups excluding tert-OH is 1. The number of ether oxygens (including phenoxy) is 1. The maximum Gasteiger partial charge on any atom is 0.341 e. The third-order valence-corrected chi connectivity index (χ3v) is 9.12. The van der Waals surface area contributed by atoms with Gasteiger partial charge in [-0.2, -0.15) is 0 Å². The van der Waals surface area contributed by atoms with Gasteiger partial charge in [-0.15, -0.1) is 0 Å². The first-order valence-corrected chi connectivity index (χ1v) is 14.7. The lowest BCUT2D eigenvalue weighted by molar-refractivity contribution is -0.130. The number of hydrogen-bond acceptors (Lipinski definition) is 3. The van der Waals surface area contributed by atoms with Crippen molar-refractivity contribution in [1.29, 1.82) is 0 Å². The molecular formula is C34H46O3. The molecule has 2 aromatic carbocycles. The van der Waals surface area contributed by atoms with Gasteiger partial charge >= 0.3 is 5.97 Å². The predicted molar refractivity (Wildman–Crippen MR) is 153 cm³/mol. The van der Waals surface area contributed by atoms with Gasteiger partial charge in [0.1, 0.15) is 5.75 Å². The fourth-order valence-corrected chi connectivity index (χ4v) is 6.77. The number of hydrogen-bond donors (Lipinski definition) is 1. The molecule has 0 bridgehead atoms. The van der Waals surface area contributed by atoms with Crippen molar-refractivity contribution in [3.63, 3.8) is 0 Å². The summed E-state index contributed by atoms with van der Waals surface area (Å²) in [6.07, 6.45) is 17.1. The van der Waals surface area contributed by atoms with Crippen molar-refractivity contribution >= 4 is 5.97 Å². The summed E-state index contributed by atoms with van der Waals surface area (Å²) < 4.78 is 5.27. The average molecular weight is 503 g/mol. The molecular weight excluding hydrogens is 456 g/mol. The molecule has 1 N–H and O–H groups in total. The quantitative estimate of drug-likeness (QED) is 0.153. The van der Waals surface area contributed by atoms with E-state index >= 15 is 0 Å². The highest BCUT2D eigenvalue weighted by Gasteiger charge is 2.31. The minimum Gasteiger partial charge on any atom is -0.423 e. The van der Waals surface area contributed by atoms with E-state index in [1.807, 2.05) is 12.1 Å². The maximum absolute atomic E-state index is 11.8. The summed E-state index contributed by atoms with van der Waals surface area (Å²) in [5, 5.41) is 9.03. The largest absolute Gasteiger partial charge is 0.423 e. The fourth-order valence-electron chi connectivity index (χ4n) is 6.77. The van der Waals surface area contributed by atoms with Crippen LogP contribution in [0.5, 0.6) is 5.75 Å². The Morgan fingerprint density at radius 1 is 0.919 bits per heavy atom. The Hall–Kier alpha value is -2.39. The third kappa shape index (κ3) is 7.35. The molecule has 200 valence electrons. The summed E-state index contributed by atoms with van der Waals surface area (Å²) in [6, 6.07) is 14.5. The predicted octanol–water partition coefficient (Wildman–Crippen LogP) is 8.78. The van der Waals surface area contributed by atoms with E-state index in [4.69, 9.17) is 9.84 Å². The second-order valence-electron chi connectivity index (χ2n) is 11.6. The van der Waals surface area contributed by atoms with E-state index in [1.165, 1.54) is 93.7 Å². The van der Waals surface area contributed by atoms with Crippen LogP contribution in [0.25, 0.3) is 11.1 Å². The van der Waals surface area contributed by atoms with E-state index in [1.54, 1.807) is 12.1 Å². The summed E-state index contributed by atoms with van der Waals surface area (Å²) >= 11 is 0. The number of rotatable bonds is 10. The summed E-state index contributed by atoms with van der Waals surface area (Å²) in [5.74, 6) is 3.50. The van der Waals surface area contributed by atoms with Gasteiger partial charge in [0.25, 0.3) is 0 Å². The molecule has 0 unspecified atom stereocenters. The highest BCUT2D eigenvalue weighted by atomic mass is 16.5. The number of aliphatic hydroxyl groups is 1. The summed E-state index contributed by atoms with van der Waals surface area (Å²) in [4.78, 5) is 11.8. The Bertz CT molecular complexity index is 1020. The van der Waals surface area contributed by atoms with E-state index in [0.717, 1.165) is 23.3 Å². The Kier molecular flexibility index (Phi) is 10.0. The van der Waals surface area contributed by atoms with Crippen LogP contribution in [0.4, 0.5) is 0 Å². The molecule has 0 heterocycles. The van der Waals surface area contributed by atoms with Crippen molar-refractivity contribution in [2.45, 2.75) is 96.8 Å². The normalized spacial score (nSPS) is 24.0. The molecule has 0 aromatic heterocycles. The molecule has 0 amide bonds. The maximum atomic E-state index is 11.8. The monoisotopic (exact) mass is 502 g/mol. The second-order valence-corrected chi connectivity index (χ2v) is 11.6. The van der Waals surface area contributed by atoms with Crippen LogP contribution in [0, 0.1) is 24.7 Å². The lowest BCUT2D eigenvalue weighted by Gasteiger charge is -2.38. The van der Waals surface area contributed by atoms with Crippen LogP contribution in [0.1, 0.15) is 101 Å². The molecule has 2 fully saturated rings. The molecule has 0 spiro atoms. The highest BCUT2D eigenvalue weighted by molar-refractivity contribution is 5.89. The topological polar surface area (TPSA) is 46.5 Å². The van der Waals surface area contributed by atoms with Gasteiger partial charge < -0.3 is 9.84 Å². The van der Waals surface area contributed by atoms with Crippen LogP contribution in [-0.4, -0.2) is 17.7 Å². The Balaban J connectivity index is 1.28. The molecule has 0 atom stereocenters. The fraction of sp³-hybridized carbons (Fsp3) is 0.559. The molecule has 3 heteroatoms. The van der Waals surface area contributed by atoms with Crippen molar-refractivity contribution in [2.75, 3.05) is 6.61 Å². The van der Waals surface area contributed by atoms with Gasteiger partial charge in [-0.25, -0.2) is 4.79 Å². The lowest BCUT2D eigenvalue weighted by Crippen LogP contribution is -2.25. The lowest BCUT2D eigenvalue weighted by atomic mass is 9.68. The smallest absolute Gasteiger partial charge is 0.341 e. The molecule has 3 nitrogen and oxygen atoms in total. The first-order chi connectivity index (χ1) is 18.0. The molecule has 37 heavy (non-hydrogen) atoms. The van der Waals surface area contributed by atoms with Gasteiger partial charge in [-0.1, -0.05) is 82.4 Å². The van der Waals surface area contributed by atoms with E-state index in [0.29, 0.717) is 11.7 Å². The highest BCUT2D eigenvalue weighted by Crippen LogP contribution is 2.45. The van der Waals surface area contributed by atoms with Crippen molar-refractivity contribution in [2.24, 2.45) is 17.8 Å². The summed E-state index contributed by atoms with van der Waals surface area (Å²) in [7, 11) is 0. The van der Waals surface area contributed by atoms with E-state index in [-0.39, 0.29) is 5.57 Å². The van der Waals surface area contributed by atoms with Crippen LogP contribution >= 0.6 is 0 Å². The van der Waals surface area contributed by atoms with Crippen molar-refractivity contribution < 1.29 is 14.6 Å². The molecule has 2 aliphatic rings. The number of aryl methyl sites for hydroxylation is 1. The minimum absolute atomic E-state index is 0.0507. The molecule has 4 rings (SSSR count). The zero-order valence-electron chi connectivity index (χ0n) is 23.0. The Morgan fingerprint density at radius 3 is 2.16 bits per heavy atom. The minimum atomic E-state index is -0.597. The van der Waals surface area contributed by atoms with Gasteiger partial charge in [0.15, 0.2) is 0 Å². The number of carbonyl (C=O) groups is 1. The molecule has 0 saturated heterocycles. The van der Waals surface area contributed by atoms with Crippen molar-refractivity contribution in [3.8, 4) is 16.9 Å². The zero-order chi connectivity index (χ0) is 26.2. The van der Waals surface area contributed by atoms with Crippen LogP contribution in [0.3, 0.4) is 0 Å². The van der Waals surface area contributed by atoms with Gasteiger partial charge in [-0.3, -0.25) is 0 Å². The number of carbonyl (C=O) groups excluding carboxylic acids is 1. The molecule has 2 saturated carbocycles. The van der Waals surface area contributed by atoms with Crippen LogP contribution < -0.4 is 4.74 Å². The van der Waals surface area contributed by atoms with Gasteiger partial charge in [-0.05, 0) is 104 Å². The zero-order valence-corrected chi connectivity index (χ0v) is 23.0. The standard InChI is InChI=1S/C34H46O3/c1-4-5-6-7-26-8-10-27(11-9-26)28-12-14-29(15-13-28)31-18-21-33(24(2)22-31)30-16-19-32(20-17-30)37-34(36)25(3)23-35/h16-22,26-29,35H,3-15,23H2,1-2H3. The first kappa shape index (κ1) is 27.6. The molecule has 2 aromatic rings. The summed E-state index contributed by atoms with van der Waals surface area (Å²) in [5.41, 5.74) is 5.16. The van der Waals surface area contributed by atoms with E-state index in [9.17, 15) is 4.79 Å². The Morgan fingerprint density at radius 2 is 1.57 bits per heavy atom.